The molecule has 0 N–H and O–H groups in total. The van der Waals surface area contributed by atoms with Crippen molar-refractivity contribution in [3.63, 3.8) is 0 Å². The summed E-state index contributed by atoms with van der Waals surface area (Å²) in [6.45, 7) is 4.30. The normalized spacial score (nSPS) is 14.0. The largest absolute Gasteiger partial charge is 0.484 e. The summed E-state index contributed by atoms with van der Waals surface area (Å²) >= 11 is 0. The van der Waals surface area contributed by atoms with Crippen molar-refractivity contribution in [1.29, 1.82) is 0 Å². The molecule has 0 bridgehead atoms. The molecule has 0 spiro atoms. The number of para-hydroxylation sites is 2. The maximum atomic E-state index is 12.5. The van der Waals surface area contributed by atoms with Gasteiger partial charge in [0.05, 0.1) is 21.7 Å². The fourth-order valence-electron chi connectivity index (χ4n) is 3.45. The summed E-state index contributed by atoms with van der Waals surface area (Å²) in [5.74, 6) is 1.16. The third-order valence-corrected chi connectivity index (χ3v) is 5.06. The van der Waals surface area contributed by atoms with Gasteiger partial charge in [-0.3, -0.25) is 14.9 Å². The van der Waals surface area contributed by atoms with Crippen LogP contribution < -0.4 is 9.64 Å². The Labute approximate surface area is 173 Å². The molecule has 154 valence electrons. The van der Waals surface area contributed by atoms with Gasteiger partial charge in [0.15, 0.2) is 12.4 Å². The summed E-state index contributed by atoms with van der Waals surface area (Å²) in [5, 5.41) is 10.7. The van der Waals surface area contributed by atoms with Gasteiger partial charge in [-0.05, 0) is 31.2 Å². The van der Waals surface area contributed by atoms with E-state index in [0.717, 1.165) is 22.5 Å². The van der Waals surface area contributed by atoms with Gasteiger partial charge < -0.3 is 14.5 Å². The van der Waals surface area contributed by atoms with Gasteiger partial charge in [0.1, 0.15) is 5.75 Å². The lowest BCUT2D eigenvalue weighted by molar-refractivity contribution is -0.384. The molecule has 9 heteroatoms. The van der Waals surface area contributed by atoms with Gasteiger partial charge in [-0.2, -0.15) is 0 Å². The number of carbonyl (C=O) groups excluding carboxylic acids is 1. The zero-order valence-corrected chi connectivity index (χ0v) is 16.5. The second-order valence-electron chi connectivity index (χ2n) is 7.03. The lowest BCUT2D eigenvalue weighted by Crippen LogP contribution is -2.50. The molecule has 1 saturated heterocycles. The second-order valence-corrected chi connectivity index (χ2v) is 7.03. The standard InChI is InChI=1S/C21H21N5O4/c1-15-21(23-19-5-3-2-4-18(19)22-15)25-12-10-24(11-13-25)20(27)14-30-17-8-6-16(7-9-17)26(28)29/h2-9H,10-14H2,1H3. The number of benzene rings is 2. The SMILES string of the molecule is Cc1nc2ccccc2nc1N1CCN(C(=O)COc2ccc([N+](=O)[O-])cc2)CC1. The van der Waals surface area contributed by atoms with E-state index in [1.54, 1.807) is 4.90 Å². The smallest absolute Gasteiger partial charge is 0.269 e. The van der Waals surface area contributed by atoms with Crippen molar-refractivity contribution in [2.45, 2.75) is 6.92 Å². The number of anilines is 1. The lowest BCUT2D eigenvalue weighted by atomic mass is 10.2. The number of hydrogen-bond acceptors (Lipinski definition) is 7. The quantitative estimate of drug-likeness (QED) is 0.473. The molecule has 1 fully saturated rings. The van der Waals surface area contributed by atoms with Crippen molar-refractivity contribution in [2.24, 2.45) is 0 Å². The minimum absolute atomic E-state index is 0.0168. The predicted octanol–water partition coefficient (Wildman–Crippen LogP) is 2.57. The van der Waals surface area contributed by atoms with Gasteiger partial charge in [-0.15, -0.1) is 0 Å². The number of piperazine rings is 1. The highest BCUT2D eigenvalue weighted by molar-refractivity contribution is 5.78. The fourth-order valence-corrected chi connectivity index (χ4v) is 3.45. The molecule has 30 heavy (non-hydrogen) atoms. The van der Waals surface area contributed by atoms with Gasteiger partial charge in [-0.25, -0.2) is 9.97 Å². The van der Waals surface area contributed by atoms with Gasteiger partial charge in [0, 0.05) is 38.3 Å². The van der Waals surface area contributed by atoms with E-state index in [-0.39, 0.29) is 18.2 Å². The number of aryl methyl sites for hydroxylation is 1. The van der Waals surface area contributed by atoms with Crippen molar-refractivity contribution in [2.75, 3.05) is 37.7 Å². The average molecular weight is 407 g/mol. The predicted molar refractivity (Wildman–Crippen MR) is 112 cm³/mol. The van der Waals surface area contributed by atoms with Gasteiger partial charge >= 0.3 is 0 Å². The molecule has 2 heterocycles. The molecule has 2 aromatic carbocycles. The first-order chi connectivity index (χ1) is 14.5. The Morgan fingerprint density at radius 2 is 1.67 bits per heavy atom. The number of nitrogens with zero attached hydrogens (tertiary/aromatic N) is 5. The topological polar surface area (TPSA) is 102 Å². The molecule has 4 rings (SSSR count). The van der Waals surface area contributed by atoms with Crippen LogP contribution in [0, 0.1) is 17.0 Å². The maximum Gasteiger partial charge on any atom is 0.269 e. The van der Waals surface area contributed by atoms with E-state index in [0.29, 0.717) is 31.9 Å². The zero-order valence-electron chi connectivity index (χ0n) is 16.5. The third kappa shape index (κ3) is 4.14. The number of non-ortho nitro benzene ring substituents is 1. The first-order valence-electron chi connectivity index (χ1n) is 9.64. The van der Waals surface area contributed by atoms with Crippen LogP contribution in [0.4, 0.5) is 11.5 Å². The number of nitro groups is 1. The summed E-state index contributed by atoms with van der Waals surface area (Å²) in [6.07, 6.45) is 0. The molecule has 3 aromatic rings. The molecule has 1 aliphatic heterocycles. The number of carbonyl (C=O) groups is 1. The summed E-state index contributed by atoms with van der Waals surface area (Å²) in [6, 6.07) is 13.5. The Balaban J connectivity index is 1.33. The van der Waals surface area contributed by atoms with Crippen molar-refractivity contribution in [1.82, 2.24) is 14.9 Å². The van der Waals surface area contributed by atoms with Crippen molar-refractivity contribution in [3.05, 3.63) is 64.3 Å². The molecule has 0 atom stereocenters. The average Bonchev–Trinajstić information content (AvgIpc) is 2.77. The van der Waals surface area contributed by atoms with Crippen molar-refractivity contribution in [3.8, 4) is 5.75 Å². The molecule has 9 nitrogen and oxygen atoms in total. The highest BCUT2D eigenvalue weighted by atomic mass is 16.6. The number of fused-ring (bicyclic) bond motifs is 1. The second kappa shape index (κ2) is 8.32. The number of nitro benzene ring substituents is 1. The third-order valence-electron chi connectivity index (χ3n) is 5.06. The van der Waals surface area contributed by atoms with E-state index in [1.165, 1.54) is 24.3 Å². The molecule has 0 aliphatic carbocycles. The highest BCUT2D eigenvalue weighted by Crippen LogP contribution is 2.21. The Bertz CT molecular complexity index is 1080. The van der Waals surface area contributed by atoms with Gasteiger partial charge in [0.25, 0.3) is 11.6 Å². The van der Waals surface area contributed by atoms with Crippen molar-refractivity contribution >= 4 is 28.4 Å². The minimum Gasteiger partial charge on any atom is -0.484 e. The van der Waals surface area contributed by atoms with E-state index < -0.39 is 4.92 Å². The van der Waals surface area contributed by atoms with E-state index >= 15 is 0 Å². The summed E-state index contributed by atoms with van der Waals surface area (Å²) < 4.78 is 5.48. The van der Waals surface area contributed by atoms with E-state index in [1.807, 2.05) is 31.2 Å². The monoisotopic (exact) mass is 407 g/mol. The molecular weight excluding hydrogens is 386 g/mol. The van der Waals surface area contributed by atoms with Crippen LogP contribution in [0.2, 0.25) is 0 Å². The summed E-state index contributed by atoms with van der Waals surface area (Å²) in [4.78, 5) is 36.0. The number of hydrogen-bond donors (Lipinski definition) is 0. The van der Waals surface area contributed by atoms with Crippen LogP contribution in [0.25, 0.3) is 11.0 Å². The number of aromatic nitrogens is 2. The van der Waals surface area contributed by atoms with E-state index in [4.69, 9.17) is 9.72 Å². The van der Waals surface area contributed by atoms with Crippen LogP contribution in [-0.4, -0.2) is 58.5 Å². The van der Waals surface area contributed by atoms with Crippen LogP contribution in [0.5, 0.6) is 5.75 Å². The molecule has 0 radical (unpaired) electrons. The van der Waals surface area contributed by atoms with Gasteiger partial charge in [-0.1, -0.05) is 12.1 Å². The molecule has 1 aliphatic rings. The summed E-state index contributed by atoms with van der Waals surface area (Å²) in [7, 11) is 0. The van der Waals surface area contributed by atoms with E-state index in [9.17, 15) is 14.9 Å². The number of ether oxygens (including phenoxy) is 1. The van der Waals surface area contributed by atoms with Crippen LogP contribution in [0.1, 0.15) is 5.69 Å². The number of rotatable bonds is 5. The maximum absolute atomic E-state index is 12.5. The molecule has 1 aromatic heterocycles. The van der Waals surface area contributed by atoms with E-state index in [2.05, 4.69) is 9.88 Å². The molecule has 0 unspecified atom stereocenters. The van der Waals surface area contributed by atoms with Crippen molar-refractivity contribution < 1.29 is 14.5 Å². The minimum atomic E-state index is -0.476. The first kappa shape index (κ1) is 19.6. The van der Waals surface area contributed by atoms with Crippen LogP contribution in [0.15, 0.2) is 48.5 Å². The summed E-state index contributed by atoms with van der Waals surface area (Å²) in [5.41, 5.74) is 2.58. The Morgan fingerprint density at radius 3 is 2.30 bits per heavy atom. The van der Waals surface area contributed by atoms with Crippen LogP contribution in [0.3, 0.4) is 0 Å². The fraction of sp³-hybridized carbons (Fsp3) is 0.286. The van der Waals surface area contributed by atoms with Gasteiger partial charge in [0.2, 0.25) is 0 Å². The molecule has 0 saturated carbocycles. The Morgan fingerprint density at radius 1 is 1.03 bits per heavy atom. The highest BCUT2D eigenvalue weighted by Gasteiger charge is 2.23. The number of amides is 1. The Hall–Kier alpha value is -3.75. The molecular formula is C21H21N5O4. The first-order valence-corrected chi connectivity index (χ1v) is 9.64. The van der Waals surface area contributed by atoms with Crippen LogP contribution >= 0.6 is 0 Å². The zero-order chi connectivity index (χ0) is 21.1. The lowest BCUT2D eigenvalue weighted by Gasteiger charge is -2.35. The molecule has 1 amide bonds. The van der Waals surface area contributed by atoms with Crippen LogP contribution in [-0.2, 0) is 4.79 Å². The Kier molecular flexibility index (Phi) is 5.42.